The van der Waals surface area contributed by atoms with Crippen molar-refractivity contribution in [3.63, 3.8) is 0 Å². The van der Waals surface area contributed by atoms with Gasteiger partial charge in [-0.05, 0) is 36.8 Å². The van der Waals surface area contributed by atoms with Gasteiger partial charge in [-0.1, -0.05) is 6.92 Å². The molecule has 4 rings (SSSR count). The van der Waals surface area contributed by atoms with E-state index in [0.29, 0.717) is 22.3 Å². The van der Waals surface area contributed by atoms with E-state index in [1.54, 1.807) is 18.5 Å². The highest BCUT2D eigenvalue weighted by molar-refractivity contribution is 7.16. The molecule has 0 saturated heterocycles. The highest BCUT2D eigenvalue weighted by Gasteiger charge is 2.25. The summed E-state index contributed by atoms with van der Waals surface area (Å²) >= 11 is 1.49. The fourth-order valence-electron chi connectivity index (χ4n) is 2.95. The van der Waals surface area contributed by atoms with Crippen molar-refractivity contribution in [3.8, 4) is 6.07 Å². The number of amides is 1. The quantitative estimate of drug-likeness (QED) is 0.774. The number of nitrogens with one attached hydrogen (secondary N) is 1. The Kier molecular flexibility index (Phi) is 3.50. The van der Waals surface area contributed by atoms with Gasteiger partial charge in [0.05, 0.1) is 5.56 Å². The molecule has 0 unspecified atom stereocenters. The van der Waals surface area contributed by atoms with Crippen LogP contribution in [0.1, 0.15) is 40.0 Å². The molecule has 1 aliphatic rings. The van der Waals surface area contributed by atoms with E-state index in [0.717, 1.165) is 24.8 Å². The van der Waals surface area contributed by atoms with Crippen molar-refractivity contribution in [1.29, 1.82) is 5.26 Å². The number of nitriles is 1. The Morgan fingerprint density at radius 2 is 2.42 bits per heavy atom. The number of carbonyl (C=O) groups excluding carboxylic acids is 1. The lowest BCUT2D eigenvalue weighted by atomic mass is 9.89. The van der Waals surface area contributed by atoms with Gasteiger partial charge in [-0.2, -0.15) is 10.2 Å². The number of rotatable bonds is 2. The molecule has 1 N–H and O–H groups in total. The molecule has 24 heavy (non-hydrogen) atoms. The van der Waals surface area contributed by atoms with Crippen molar-refractivity contribution in [3.05, 3.63) is 40.3 Å². The summed E-state index contributed by atoms with van der Waals surface area (Å²) < 4.78 is 1.45. The van der Waals surface area contributed by atoms with Gasteiger partial charge < -0.3 is 5.32 Å². The highest BCUT2D eigenvalue weighted by Crippen LogP contribution is 2.39. The number of carbonyl (C=O) groups is 1. The zero-order chi connectivity index (χ0) is 16.7. The van der Waals surface area contributed by atoms with Crippen LogP contribution < -0.4 is 5.32 Å². The Labute approximate surface area is 142 Å². The topological polar surface area (TPSA) is 96.0 Å². The molecular formula is C16H14N6OS. The van der Waals surface area contributed by atoms with Gasteiger partial charge in [0.25, 0.3) is 11.7 Å². The maximum Gasteiger partial charge on any atom is 0.296 e. The molecule has 0 radical (unpaired) electrons. The van der Waals surface area contributed by atoms with E-state index in [4.69, 9.17) is 0 Å². The predicted molar refractivity (Wildman–Crippen MR) is 89.0 cm³/mol. The molecule has 1 atom stereocenters. The van der Waals surface area contributed by atoms with Crippen molar-refractivity contribution >= 4 is 28.0 Å². The van der Waals surface area contributed by atoms with Gasteiger partial charge in [-0.25, -0.2) is 9.50 Å². The lowest BCUT2D eigenvalue weighted by Gasteiger charge is -2.17. The number of nitrogens with zero attached hydrogens (tertiary/aromatic N) is 5. The summed E-state index contributed by atoms with van der Waals surface area (Å²) in [7, 11) is 0. The van der Waals surface area contributed by atoms with Crippen molar-refractivity contribution < 1.29 is 4.79 Å². The first kappa shape index (κ1) is 14.8. The Bertz CT molecular complexity index is 949. The minimum absolute atomic E-state index is 0.0392. The van der Waals surface area contributed by atoms with Crippen molar-refractivity contribution in [2.75, 3.05) is 5.32 Å². The third kappa shape index (κ3) is 2.43. The Hall–Kier alpha value is -2.79. The van der Waals surface area contributed by atoms with Crippen molar-refractivity contribution in [2.24, 2.45) is 5.92 Å². The number of fused-ring (bicyclic) bond motifs is 2. The smallest absolute Gasteiger partial charge is 0.296 e. The molecule has 0 saturated carbocycles. The summed E-state index contributed by atoms with van der Waals surface area (Å²) in [5, 5.41) is 17.0. The Morgan fingerprint density at radius 3 is 3.21 bits per heavy atom. The summed E-state index contributed by atoms with van der Waals surface area (Å²) in [6.45, 7) is 2.21. The molecule has 8 heteroatoms. The largest absolute Gasteiger partial charge is 0.310 e. The summed E-state index contributed by atoms with van der Waals surface area (Å²) in [5.41, 5.74) is 1.66. The normalized spacial score (nSPS) is 16.6. The van der Waals surface area contributed by atoms with E-state index in [-0.39, 0.29) is 5.82 Å². The molecule has 0 aromatic carbocycles. The number of anilines is 1. The average molecular weight is 338 g/mol. The van der Waals surface area contributed by atoms with Crippen molar-refractivity contribution in [2.45, 2.75) is 26.2 Å². The van der Waals surface area contributed by atoms with E-state index in [9.17, 15) is 10.1 Å². The van der Waals surface area contributed by atoms with Crippen LogP contribution in [0, 0.1) is 17.2 Å². The van der Waals surface area contributed by atoms with Crippen LogP contribution in [0.3, 0.4) is 0 Å². The fraction of sp³-hybridized carbons (Fsp3) is 0.312. The van der Waals surface area contributed by atoms with Gasteiger partial charge >= 0.3 is 0 Å². The van der Waals surface area contributed by atoms with Gasteiger partial charge in [0.1, 0.15) is 11.1 Å². The monoisotopic (exact) mass is 338 g/mol. The summed E-state index contributed by atoms with van der Waals surface area (Å²) in [4.78, 5) is 21.8. The van der Waals surface area contributed by atoms with Crippen LogP contribution in [0.15, 0.2) is 18.5 Å². The zero-order valence-electron chi connectivity index (χ0n) is 13.0. The predicted octanol–water partition coefficient (Wildman–Crippen LogP) is 2.43. The molecular weight excluding hydrogens is 324 g/mol. The second-order valence-corrected chi connectivity index (χ2v) is 7.03. The molecule has 7 nitrogen and oxygen atoms in total. The van der Waals surface area contributed by atoms with Crippen LogP contribution in [0.2, 0.25) is 0 Å². The SMILES string of the molecule is C[C@H]1CCc2c(sc(NC(=O)c3nc4ncccn4n3)c2C#N)C1. The molecule has 0 aliphatic heterocycles. The molecule has 1 amide bonds. The molecule has 1 aliphatic carbocycles. The minimum atomic E-state index is -0.427. The Balaban J connectivity index is 1.65. The number of hydrogen-bond donors (Lipinski definition) is 1. The van der Waals surface area contributed by atoms with Crippen LogP contribution in [0.5, 0.6) is 0 Å². The van der Waals surface area contributed by atoms with E-state index >= 15 is 0 Å². The standard InChI is InChI=1S/C16H14N6OS/c1-9-3-4-10-11(8-17)15(24-12(10)7-9)20-14(23)13-19-16-18-5-2-6-22(16)21-13/h2,5-6,9H,3-4,7H2,1H3,(H,20,23)/t9-/m0/s1. The molecule has 0 fully saturated rings. The number of hydrogen-bond acceptors (Lipinski definition) is 6. The van der Waals surface area contributed by atoms with Gasteiger partial charge in [0.15, 0.2) is 0 Å². The van der Waals surface area contributed by atoms with Gasteiger partial charge in [0, 0.05) is 17.3 Å². The lowest BCUT2D eigenvalue weighted by Crippen LogP contribution is -2.14. The summed E-state index contributed by atoms with van der Waals surface area (Å²) in [6.07, 6.45) is 6.20. The van der Waals surface area contributed by atoms with Crippen LogP contribution in [0.25, 0.3) is 5.78 Å². The molecule has 0 spiro atoms. The van der Waals surface area contributed by atoms with Crippen molar-refractivity contribution in [1.82, 2.24) is 19.6 Å². The van der Waals surface area contributed by atoms with Crippen LogP contribution in [0.4, 0.5) is 5.00 Å². The Morgan fingerprint density at radius 1 is 1.54 bits per heavy atom. The maximum atomic E-state index is 12.4. The third-order valence-electron chi connectivity index (χ3n) is 4.17. The van der Waals surface area contributed by atoms with E-state index in [1.807, 2.05) is 0 Å². The third-order valence-corrected chi connectivity index (χ3v) is 5.34. The van der Waals surface area contributed by atoms with Crippen LogP contribution in [-0.2, 0) is 12.8 Å². The van der Waals surface area contributed by atoms with E-state index in [2.05, 4.69) is 33.4 Å². The lowest BCUT2D eigenvalue weighted by molar-refractivity contribution is 0.101. The first-order valence-corrected chi connectivity index (χ1v) is 8.50. The molecule has 120 valence electrons. The second-order valence-electron chi connectivity index (χ2n) is 5.92. The number of aromatic nitrogens is 4. The van der Waals surface area contributed by atoms with Gasteiger partial charge in [0.2, 0.25) is 5.82 Å². The van der Waals surface area contributed by atoms with Crippen LogP contribution >= 0.6 is 11.3 Å². The molecule has 0 bridgehead atoms. The minimum Gasteiger partial charge on any atom is -0.310 e. The van der Waals surface area contributed by atoms with Gasteiger partial charge in [-0.15, -0.1) is 16.4 Å². The fourth-order valence-corrected chi connectivity index (χ4v) is 4.30. The first-order chi connectivity index (χ1) is 11.7. The average Bonchev–Trinajstić information content (AvgIpc) is 3.14. The maximum absolute atomic E-state index is 12.4. The molecule has 3 aromatic rings. The van der Waals surface area contributed by atoms with Gasteiger partial charge in [-0.3, -0.25) is 4.79 Å². The summed E-state index contributed by atoms with van der Waals surface area (Å²) in [6, 6.07) is 3.95. The number of thiophene rings is 1. The summed E-state index contributed by atoms with van der Waals surface area (Å²) in [5.74, 6) is 0.584. The van der Waals surface area contributed by atoms with Crippen LogP contribution in [-0.4, -0.2) is 25.5 Å². The van der Waals surface area contributed by atoms with E-state index in [1.165, 1.54) is 20.7 Å². The first-order valence-electron chi connectivity index (χ1n) is 7.69. The highest BCUT2D eigenvalue weighted by atomic mass is 32.1. The molecule has 3 heterocycles. The van der Waals surface area contributed by atoms with E-state index < -0.39 is 5.91 Å². The second kappa shape index (κ2) is 5.69. The zero-order valence-corrected chi connectivity index (χ0v) is 13.8. The molecule has 3 aromatic heterocycles.